The number of hydrogen-bond donors (Lipinski definition) is 3. The van der Waals surface area contributed by atoms with Crippen LogP contribution in [0, 0.1) is 0 Å². The van der Waals surface area contributed by atoms with Crippen molar-refractivity contribution in [2.24, 2.45) is 0 Å². The van der Waals surface area contributed by atoms with Gasteiger partial charge in [-0.25, -0.2) is 9.59 Å². The lowest BCUT2D eigenvalue weighted by molar-refractivity contribution is -0.149. The number of aliphatic hydroxyl groups excluding tert-OH is 1. The summed E-state index contributed by atoms with van der Waals surface area (Å²) in [6, 6.07) is 6.30. The first-order chi connectivity index (χ1) is 9.08. The Kier molecular flexibility index (Phi) is 5.62. The maximum atomic E-state index is 11.6. The number of urea groups is 1. The Morgan fingerprint density at radius 1 is 1.32 bits per heavy atom. The van der Waals surface area contributed by atoms with Crippen molar-refractivity contribution < 1.29 is 24.2 Å². The topological polar surface area (TPSA) is 96.9 Å². The van der Waals surface area contributed by atoms with Gasteiger partial charge < -0.3 is 25.2 Å². The Hall–Kier alpha value is -2.28. The lowest BCUT2D eigenvalue weighted by atomic mass is 10.3. The fourth-order valence-corrected chi connectivity index (χ4v) is 1.32. The molecule has 0 saturated heterocycles. The molecule has 0 bridgehead atoms. The van der Waals surface area contributed by atoms with Gasteiger partial charge in [0, 0.05) is 0 Å². The molecule has 1 atom stereocenters. The van der Waals surface area contributed by atoms with Crippen molar-refractivity contribution in [3.8, 4) is 5.75 Å². The first-order valence-electron chi connectivity index (χ1n) is 5.52. The Labute approximate surface area is 110 Å². The second kappa shape index (κ2) is 7.22. The molecule has 1 unspecified atom stereocenters. The molecule has 1 aromatic rings. The minimum Gasteiger partial charge on any atom is -0.495 e. The van der Waals surface area contributed by atoms with Crippen LogP contribution in [0.1, 0.15) is 0 Å². The standard InChI is InChI=1S/C12H16N2O5/c1-18-10-6-4-3-5-8(10)14-12(17)13-7-9(15)11(16)19-2/h3-6,9,15H,7H2,1-2H3,(H2,13,14,17). The number of para-hydroxylation sites is 2. The van der Waals surface area contributed by atoms with Crippen LogP contribution in [0.5, 0.6) is 5.75 Å². The van der Waals surface area contributed by atoms with Gasteiger partial charge in [-0.1, -0.05) is 12.1 Å². The van der Waals surface area contributed by atoms with Crippen LogP contribution in [-0.2, 0) is 9.53 Å². The van der Waals surface area contributed by atoms with Gasteiger partial charge in [-0.3, -0.25) is 0 Å². The van der Waals surface area contributed by atoms with E-state index in [0.29, 0.717) is 11.4 Å². The first-order valence-corrected chi connectivity index (χ1v) is 5.52. The van der Waals surface area contributed by atoms with Crippen LogP contribution in [0.15, 0.2) is 24.3 Å². The van der Waals surface area contributed by atoms with Crippen molar-refractivity contribution in [2.45, 2.75) is 6.10 Å². The molecule has 0 radical (unpaired) electrons. The van der Waals surface area contributed by atoms with Crippen LogP contribution in [-0.4, -0.2) is 44.0 Å². The number of anilines is 1. The van der Waals surface area contributed by atoms with Crippen LogP contribution >= 0.6 is 0 Å². The summed E-state index contributed by atoms with van der Waals surface area (Å²) in [6.45, 7) is -0.242. The zero-order chi connectivity index (χ0) is 14.3. The van der Waals surface area contributed by atoms with Crippen LogP contribution in [0.3, 0.4) is 0 Å². The highest BCUT2D eigenvalue weighted by atomic mass is 16.5. The number of amides is 2. The molecular formula is C12H16N2O5. The van der Waals surface area contributed by atoms with Crippen LogP contribution in [0.4, 0.5) is 10.5 Å². The normalized spacial score (nSPS) is 11.3. The summed E-state index contributed by atoms with van der Waals surface area (Å²) >= 11 is 0. The van der Waals surface area contributed by atoms with Crippen molar-refractivity contribution in [1.29, 1.82) is 0 Å². The molecule has 1 rings (SSSR count). The number of methoxy groups -OCH3 is 2. The van der Waals surface area contributed by atoms with E-state index in [0.717, 1.165) is 7.11 Å². The molecule has 0 aliphatic carbocycles. The van der Waals surface area contributed by atoms with Gasteiger partial charge in [0.05, 0.1) is 26.5 Å². The Bertz CT molecular complexity index is 450. The number of benzene rings is 1. The number of hydrogen-bond acceptors (Lipinski definition) is 5. The van der Waals surface area contributed by atoms with Crippen molar-refractivity contribution in [1.82, 2.24) is 5.32 Å². The van der Waals surface area contributed by atoms with E-state index in [4.69, 9.17) is 4.74 Å². The summed E-state index contributed by atoms with van der Waals surface area (Å²) in [5, 5.41) is 14.2. The summed E-state index contributed by atoms with van der Waals surface area (Å²) < 4.78 is 9.38. The molecule has 2 amide bonds. The molecule has 0 aliphatic rings. The predicted molar refractivity (Wildman–Crippen MR) is 68.0 cm³/mol. The van der Waals surface area contributed by atoms with E-state index < -0.39 is 18.1 Å². The smallest absolute Gasteiger partial charge is 0.336 e. The Balaban J connectivity index is 2.49. The molecule has 0 fully saturated rings. The number of carbonyl (C=O) groups is 2. The second-order valence-electron chi connectivity index (χ2n) is 3.57. The fraction of sp³-hybridized carbons (Fsp3) is 0.333. The number of carbonyl (C=O) groups excluding carboxylic acids is 2. The van der Waals surface area contributed by atoms with Gasteiger partial charge >= 0.3 is 12.0 Å². The quantitative estimate of drug-likeness (QED) is 0.669. The monoisotopic (exact) mass is 268 g/mol. The molecule has 0 saturated carbocycles. The molecule has 0 aromatic heterocycles. The van der Waals surface area contributed by atoms with Gasteiger partial charge in [0.1, 0.15) is 5.75 Å². The van der Waals surface area contributed by atoms with E-state index in [9.17, 15) is 14.7 Å². The molecule has 0 aliphatic heterocycles. The lowest BCUT2D eigenvalue weighted by Gasteiger charge is -2.12. The summed E-state index contributed by atoms with van der Waals surface area (Å²) in [5.74, 6) is -0.302. The summed E-state index contributed by atoms with van der Waals surface area (Å²) in [5.41, 5.74) is 0.482. The molecule has 1 aromatic carbocycles. The number of rotatable bonds is 5. The van der Waals surface area contributed by atoms with Gasteiger partial charge in [-0.15, -0.1) is 0 Å². The zero-order valence-corrected chi connectivity index (χ0v) is 10.7. The number of ether oxygens (including phenoxy) is 2. The van der Waals surface area contributed by atoms with Crippen molar-refractivity contribution in [3.05, 3.63) is 24.3 Å². The van der Waals surface area contributed by atoms with Crippen LogP contribution in [0.25, 0.3) is 0 Å². The maximum absolute atomic E-state index is 11.6. The van der Waals surface area contributed by atoms with Gasteiger partial charge in [0.15, 0.2) is 6.10 Å². The number of nitrogens with one attached hydrogen (secondary N) is 2. The SMILES string of the molecule is COC(=O)C(O)CNC(=O)Nc1ccccc1OC. The molecule has 3 N–H and O–H groups in total. The minimum absolute atomic E-state index is 0.242. The third-order valence-electron chi connectivity index (χ3n) is 2.28. The largest absolute Gasteiger partial charge is 0.495 e. The highest BCUT2D eigenvalue weighted by Crippen LogP contribution is 2.22. The average molecular weight is 268 g/mol. The Morgan fingerprint density at radius 2 is 2.00 bits per heavy atom. The number of aliphatic hydroxyl groups is 1. The molecule has 7 nitrogen and oxygen atoms in total. The number of esters is 1. The summed E-state index contributed by atoms with van der Waals surface area (Å²) in [7, 11) is 2.64. The van der Waals surface area contributed by atoms with Gasteiger partial charge in [0.2, 0.25) is 0 Å². The third kappa shape index (κ3) is 4.47. The van der Waals surface area contributed by atoms with Crippen molar-refractivity contribution in [3.63, 3.8) is 0 Å². The van der Waals surface area contributed by atoms with Crippen LogP contribution < -0.4 is 15.4 Å². The van der Waals surface area contributed by atoms with Crippen molar-refractivity contribution in [2.75, 3.05) is 26.1 Å². The molecular weight excluding hydrogens is 252 g/mol. The van der Waals surface area contributed by atoms with E-state index in [1.807, 2.05) is 0 Å². The van der Waals surface area contributed by atoms with Gasteiger partial charge in [-0.2, -0.15) is 0 Å². The fourth-order valence-electron chi connectivity index (χ4n) is 1.32. The predicted octanol–water partition coefficient (Wildman–Crippen LogP) is 0.351. The molecule has 7 heteroatoms. The summed E-state index contributed by atoms with van der Waals surface area (Å²) in [6.07, 6.45) is -1.39. The third-order valence-corrected chi connectivity index (χ3v) is 2.28. The van der Waals surface area contributed by atoms with E-state index in [1.54, 1.807) is 24.3 Å². The van der Waals surface area contributed by atoms with E-state index >= 15 is 0 Å². The van der Waals surface area contributed by atoms with Gasteiger partial charge in [-0.05, 0) is 12.1 Å². The second-order valence-corrected chi connectivity index (χ2v) is 3.57. The first kappa shape index (κ1) is 14.8. The van der Waals surface area contributed by atoms with E-state index in [2.05, 4.69) is 15.4 Å². The zero-order valence-electron chi connectivity index (χ0n) is 10.7. The van der Waals surface area contributed by atoms with Crippen molar-refractivity contribution >= 4 is 17.7 Å². The van der Waals surface area contributed by atoms with E-state index in [-0.39, 0.29) is 6.54 Å². The Morgan fingerprint density at radius 3 is 2.63 bits per heavy atom. The molecule has 0 spiro atoms. The molecule has 19 heavy (non-hydrogen) atoms. The van der Waals surface area contributed by atoms with Gasteiger partial charge in [0.25, 0.3) is 0 Å². The van der Waals surface area contributed by atoms with Crippen LogP contribution in [0.2, 0.25) is 0 Å². The summed E-state index contributed by atoms with van der Waals surface area (Å²) in [4.78, 5) is 22.5. The highest BCUT2D eigenvalue weighted by Gasteiger charge is 2.16. The molecule has 0 heterocycles. The van der Waals surface area contributed by atoms with E-state index in [1.165, 1.54) is 7.11 Å². The lowest BCUT2D eigenvalue weighted by Crippen LogP contribution is -2.39. The highest BCUT2D eigenvalue weighted by molar-refractivity contribution is 5.91. The molecule has 104 valence electrons. The average Bonchev–Trinajstić information content (AvgIpc) is 2.44. The minimum atomic E-state index is -1.39. The maximum Gasteiger partial charge on any atom is 0.336 e.